The quantitative estimate of drug-likeness (QED) is 0.821. The molecule has 4 aliphatic rings. The zero-order valence-corrected chi connectivity index (χ0v) is 15.4. The first-order chi connectivity index (χ1) is 11.8. The molecule has 4 unspecified atom stereocenters. The molecule has 140 valence electrons. The Morgan fingerprint density at radius 3 is 2.64 bits per heavy atom. The van der Waals surface area contributed by atoms with Crippen molar-refractivity contribution >= 4 is 11.9 Å². The zero-order valence-electron chi connectivity index (χ0n) is 15.4. The van der Waals surface area contributed by atoms with E-state index in [4.69, 9.17) is 9.84 Å². The molecule has 1 heterocycles. The van der Waals surface area contributed by atoms with Crippen molar-refractivity contribution in [1.29, 1.82) is 0 Å². The highest BCUT2D eigenvalue weighted by molar-refractivity contribution is 5.77. The van der Waals surface area contributed by atoms with Gasteiger partial charge in [-0.25, -0.2) is 4.79 Å². The highest BCUT2D eigenvalue weighted by Gasteiger charge is 2.60. The van der Waals surface area contributed by atoms with Crippen LogP contribution in [0.2, 0.25) is 0 Å². The van der Waals surface area contributed by atoms with E-state index in [-0.39, 0.29) is 29.4 Å². The SMILES string of the molecule is C[C@]12CCC3C(CC[C@H]4NC(=O)CC[C@]34C)C1CCC2OCC(=O)O. The monoisotopic (exact) mass is 349 g/mol. The number of carbonyl (C=O) groups excluding carboxylic acids is 1. The largest absolute Gasteiger partial charge is 0.480 e. The maximum Gasteiger partial charge on any atom is 0.329 e. The number of hydrogen-bond donors (Lipinski definition) is 2. The molecule has 0 spiro atoms. The molecule has 3 saturated carbocycles. The van der Waals surface area contributed by atoms with Crippen LogP contribution < -0.4 is 5.32 Å². The lowest BCUT2D eigenvalue weighted by Crippen LogP contribution is -2.61. The predicted octanol–water partition coefficient (Wildman–Crippen LogP) is 2.98. The number of aliphatic carboxylic acids is 1. The van der Waals surface area contributed by atoms with Gasteiger partial charge in [0.05, 0.1) is 6.10 Å². The van der Waals surface area contributed by atoms with Crippen molar-refractivity contribution < 1.29 is 19.4 Å². The fourth-order valence-electron chi connectivity index (χ4n) is 7.10. The van der Waals surface area contributed by atoms with Crippen LogP contribution in [-0.4, -0.2) is 35.7 Å². The van der Waals surface area contributed by atoms with Crippen LogP contribution in [0.15, 0.2) is 0 Å². The summed E-state index contributed by atoms with van der Waals surface area (Å²) in [6.07, 6.45) is 8.53. The van der Waals surface area contributed by atoms with Crippen LogP contribution in [0, 0.1) is 28.6 Å². The van der Waals surface area contributed by atoms with Gasteiger partial charge < -0.3 is 15.2 Å². The van der Waals surface area contributed by atoms with Crippen LogP contribution in [-0.2, 0) is 14.3 Å². The second kappa shape index (κ2) is 5.97. The third-order valence-electron chi connectivity index (χ3n) is 8.42. The first-order valence-electron chi connectivity index (χ1n) is 9.97. The van der Waals surface area contributed by atoms with Crippen molar-refractivity contribution in [2.75, 3.05) is 6.61 Å². The van der Waals surface area contributed by atoms with E-state index >= 15 is 0 Å². The van der Waals surface area contributed by atoms with Gasteiger partial charge in [-0.3, -0.25) is 4.79 Å². The van der Waals surface area contributed by atoms with Gasteiger partial charge in [0.1, 0.15) is 6.61 Å². The van der Waals surface area contributed by atoms with Crippen LogP contribution in [0.5, 0.6) is 0 Å². The van der Waals surface area contributed by atoms with Crippen molar-refractivity contribution in [3.05, 3.63) is 0 Å². The average Bonchev–Trinajstić information content (AvgIpc) is 2.90. The molecule has 4 fully saturated rings. The van der Waals surface area contributed by atoms with Gasteiger partial charge in [-0.2, -0.15) is 0 Å². The normalized spacial score (nSPS) is 48.9. The number of piperidine rings is 1. The minimum Gasteiger partial charge on any atom is -0.480 e. The molecular weight excluding hydrogens is 318 g/mol. The van der Waals surface area contributed by atoms with E-state index in [0.717, 1.165) is 32.1 Å². The fourth-order valence-corrected chi connectivity index (χ4v) is 7.10. The molecule has 7 atom stereocenters. The van der Waals surface area contributed by atoms with Crippen LogP contribution in [0.25, 0.3) is 0 Å². The van der Waals surface area contributed by atoms with Crippen LogP contribution in [0.3, 0.4) is 0 Å². The molecule has 0 radical (unpaired) electrons. The Bertz CT molecular complexity index is 578. The lowest BCUT2D eigenvalue weighted by molar-refractivity contribution is -0.154. The average molecular weight is 349 g/mol. The molecule has 0 aromatic carbocycles. The number of ether oxygens (including phenoxy) is 1. The first-order valence-corrected chi connectivity index (χ1v) is 9.97. The number of rotatable bonds is 3. The lowest BCUT2D eigenvalue weighted by Gasteiger charge is -2.60. The molecule has 5 heteroatoms. The Morgan fingerprint density at radius 1 is 1.12 bits per heavy atom. The van der Waals surface area contributed by atoms with E-state index in [1.54, 1.807) is 0 Å². The second-order valence-electron chi connectivity index (χ2n) is 9.40. The molecule has 0 bridgehead atoms. The van der Waals surface area contributed by atoms with Gasteiger partial charge in [0.2, 0.25) is 5.91 Å². The summed E-state index contributed by atoms with van der Waals surface area (Å²) in [5.41, 5.74) is 0.357. The number of fused-ring (bicyclic) bond motifs is 5. The Balaban J connectivity index is 1.54. The third-order valence-corrected chi connectivity index (χ3v) is 8.42. The van der Waals surface area contributed by atoms with E-state index < -0.39 is 5.97 Å². The van der Waals surface area contributed by atoms with Gasteiger partial charge >= 0.3 is 5.97 Å². The Hall–Kier alpha value is -1.10. The minimum atomic E-state index is -0.869. The Morgan fingerprint density at radius 2 is 1.88 bits per heavy atom. The van der Waals surface area contributed by atoms with Crippen molar-refractivity contribution in [1.82, 2.24) is 5.32 Å². The molecule has 3 aliphatic carbocycles. The van der Waals surface area contributed by atoms with Gasteiger partial charge in [-0.05, 0) is 73.5 Å². The topological polar surface area (TPSA) is 75.6 Å². The fraction of sp³-hybridized carbons (Fsp3) is 0.900. The highest BCUT2D eigenvalue weighted by Crippen LogP contribution is 2.64. The van der Waals surface area contributed by atoms with E-state index in [9.17, 15) is 9.59 Å². The number of carboxylic acid groups (broad SMARTS) is 1. The predicted molar refractivity (Wildman–Crippen MR) is 92.9 cm³/mol. The molecule has 1 amide bonds. The molecule has 0 aromatic heterocycles. The first kappa shape index (κ1) is 17.3. The Labute approximate surface area is 149 Å². The maximum absolute atomic E-state index is 11.8. The minimum absolute atomic E-state index is 0.0890. The summed E-state index contributed by atoms with van der Waals surface area (Å²) in [6, 6.07) is 0.347. The summed E-state index contributed by atoms with van der Waals surface area (Å²) in [7, 11) is 0. The van der Waals surface area contributed by atoms with Gasteiger partial charge in [0.15, 0.2) is 0 Å². The second-order valence-corrected chi connectivity index (χ2v) is 9.40. The number of carboxylic acids is 1. The maximum atomic E-state index is 11.8. The highest BCUT2D eigenvalue weighted by atomic mass is 16.5. The standard InChI is InChI=1S/C20H31NO4/c1-19-10-8-17(22)21-15(19)5-3-12-13-4-6-16(25-11-18(23)24)20(13,2)9-7-14(12)19/h12-16H,3-11H2,1-2H3,(H,21,22)(H,23,24)/t12?,13?,14?,15-,16?,19-,20+/m1/s1. The molecule has 25 heavy (non-hydrogen) atoms. The summed E-state index contributed by atoms with van der Waals surface area (Å²) < 4.78 is 5.81. The van der Waals surface area contributed by atoms with Gasteiger partial charge in [-0.15, -0.1) is 0 Å². The van der Waals surface area contributed by atoms with Gasteiger partial charge in [0.25, 0.3) is 0 Å². The van der Waals surface area contributed by atoms with Crippen molar-refractivity contribution in [3.8, 4) is 0 Å². The molecule has 4 rings (SSSR count). The molecule has 2 N–H and O–H groups in total. The van der Waals surface area contributed by atoms with Crippen molar-refractivity contribution in [2.45, 2.75) is 77.4 Å². The van der Waals surface area contributed by atoms with Crippen molar-refractivity contribution in [3.63, 3.8) is 0 Å². The third kappa shape index (κ3) is 2.61. The van der Waals surface area contributed by atoms with Crippen LogP contribution in [0.1, 0.15) is 65.2 Å². The molecule has 5 nitrogen and oxygen atoms in total. The van der Waals surface area contributed by atoms with Crippen molar-refractivity contribution in [2.24, 2.45) is 28.6 Å². The number of hydrogen-bond acceptors (Lipinski definition) is 3. The Kier molecular flexibility index (Phi) is 4.13. The summed E-state index contributed by atoms with van der Waals surface area (Å²) in [6.45, 7) is 4.57. The van der Waals surface area contributed by atoms with Gasteiger partial charge in [-0.1, -0.05) is 13.8 Å². The van der Waals surface area contributed by atoms with Crippen LogP contribution in [0.4, 0.5) is 0 Å². The summed E-state index contributed by atoms with van der Waals surface area (Å²) in [4.78, 5) is 22.8. The van der Waals surface area contributed by atoms with Crippen LogP contribution >= 0.6 is 0 Å². The lowest BCUT2D eigenvalue weighted by atomic mass is 9.47. The summed E-state index contributed by atoms with van der Waals surface area (Å²) in [5.74, 6) is 1.38. The molecule has 0 aromatic rings. The number of carbonyl (C=O) groups is 2. The van der Waals surface area contributed by atoms with E-state index in [2.05, 4.69) is 19.2 Å². The van der Waals surface area contributed by atoms with E-state index in [0.29, 0.717) is 30.2 Å². The summed E-state index contributed by atoms with van der Waals surface area (Å²) >= 11 is 0. The van der Waals surface area contributed by atoms with E-state index in [1.165, 1.54) is 12.8 Å². The summed E-state index contributed by atoms with van der Waals surface area (Å²) in [5, 5.41) is 12.2. The zero-order chi connectivity index (χ0) is 17.8. The van der Waals surface area contributed by atoms with E-state index in [1.807, 2.05) is 0 Å². The molecular formula is C20H31NO4. The molecule has 1 aliphatic heterocycles. The van der Waals surface area contributed by atoms with Gasteiger partial charge in [0, 0.05) is 12.5 Å². The number of amides is 1. The smallest absolute Gasteiger partial charge is 0.329 e. The number of nitrogens with one attached hydrogen (secondary N) is 1. The molecule has 1 saturated heterocycles.